The van der Waals surface area contributed by atoms with Gasteiger partial charge in [0.15, 0.2) is 0 Å². The molecule has 0 bridgehead atoms. The molecule has 1 aromatic heterocycles. The lowest BCUT2D eigenvalue weighted by molar-refractivity contribution is -0.133. The summed E-state index contributed by atoms with van der Waals surface area (Å²) < 4.78 is 0. The Hall–Kier alpha value is -2.34. The van der Waals surface area contributed by atoms with E-state index in [2.05, 4.69) is 11.9 Å². The van der Waals surface area contributed by atoms with Crippen molar-refractivity contribution in [3.8, 4) is 0 Å². The molecule has 1 saturated heterocycles. The Morgan fingerprint density at radius 2 is 2.00 bits per heavy atom. The zero-order valence-corrected chi connectivity index (χ0v) is 16.6. The number of hydrogen-bond acceptors (Lipinski definition) is 4. The first kappa shape index (κ1) is 19.4. The maximum absolute atomic E-state index is 13.1. The van der Waals surface area contributed by atoms with E-state index in [0.29, 0.717) is 31.6 Å². The molecule has 27 heavy (non-hydrogen) atoms. The van der Waals surface area contributed by atoms with Gasteiger partial charge in [0.25, 0.3) is 5.91 Å². The van der Waals surface area contributed by atoms with Gasteiger partial charge in [0.2, 0.25) is 5.91 Å². The number of aromatic nitrogens is 1. The van der Waals surface area contributed by atoms with Gasteiger partial charge in [-0.25, -0.2) is 4.98 Å². The summed E-state index contributed by atoms with van der Waals surface area (Å²) in [6.07, 6.45) is 4.78. The van der Waals surface area contributed by atoms with Crippen molar-refractivity contribution in [3.63, 3.8) is 0 Å². The van der Waals surface area contributed by atoms with Gasteiger partial charge in [0.1, 0.15) is 5.03 Å². The molecule has 0 N–H and O–H groups in total. The molecule has 2 aromatic rings. The van der Waals surface area contributed by atoms with E-state index in [1.165, 1.54) is 11.8 Å². The maximum Gasteiger partial charge on any atom is 0.256 e. The van der Waals surface area contributed by atoms with Crippen LogP contribution in [-0.4, -0.2) is 52.0 Å². The van der Waals surface area contributed by atoms with Crippen LogP contribution in [0.5, 0.6) is 0 Å². The number of benzene rings is 1. The monoisotopic (exact) mass is 383 g/mol. The molecule has 1 aliphatic heterocycles. The third kappa shape index (κ3) is 4.50. The highest BCUT2D eigenvalue weighted by molar-refractivity contribution is 7.98. The van der Waals surface area contributed by atoms with Gasteiger partial charge in [-0.05, 0) is 30.4 Å². The van der Waals surface area contributed by atoms with Gasteiger partial charge in [-0.15, -0.1) is 11.8 Å². The zero-order chi connectivity index (χ0) is 19.2. The fourth-order valence-electron chi connectivity index (χ4n) is 3.44. The molecule has 1 atom stereocenters. The summed E-state index contributed by atoms with van der Waals surface area (Å²) in [5.41, 5.74) is 1.73. The normalized spacial score (nSPS) is 17.7. The van der Waals surface area contributed by atoms with Crippen molar-refractivity contribution >= 4 is 23.6 Å². The van der Waals surface area contributed by atoms with Gasteiger partial charge >= 0.3 is 0 Å². The number of carbonyl (C=O) groups excluding carboxylic acids is 2. The fraction of sp³-hybridized carbons (Fsp3) is 0.381. The maximum atomic E-state index is 13.1. The van der Waals surface area contributed by atoms with E-state index in [0.717, 1.165) is 17.0 Å². The summed E-state index contributed by atoms with van der Waals surface area (Å²) in [7, 11) is 0. The lowest BCUT2D eigenvalue weighted by Gasteiger charge is -2.31. The van der Waals surface area contributed by atoms with Crippen molar-refractivity contribution in [2.45, 2.75) is 37.4 Å². The number of pyridine rings is 1. The average molecular weight is 384 g/mol. The van der Waals surface area contributed by atoms with Gasteiger partial charge < -0.3 is 9.80 Å². The Kier molecular flexibility index (Phi) is 6.50. The first-order valence-electron chi connectivity index (χ1n) is 9.25. The van der Waals surface area contributed by atoms with E-state index in [1.807, 2.05) is 52.5 Å². The van der Waals surface area contributed by atoms with E-state index in [9.17, 15) is 9.59 Å². The average Bonchev–Trinajstić information content (AvgIpc) is 2.87. The quantitative estimate of drug-likeness (QED) is 0.742. The Morgan fingerprint density at radius 3 is 2.70 bits per heavy atom. The number of amides is 2. The number of thioether (sulfide) groups is 1. The molecule has 142 valence electrons. The van der Waals surface area contributed by atoms with E-state index in [1.54, 1.807) is 12.3 Å². The molecule has 3 rings (SSSR count). The highest BCUT2D eigenvalue weighted by Gasteiger charge is 2.31. The van der Waals surface area contributed by atoms with Gasteiger partial charge in [-0.2, -0.15) is 0 Å². The zero-order valence-electron chi connectivity index (χ0n) is 15.8. The number of nitrogens with zero attached hydrogens (tertiary/aromatic N) is 3. The van der Waals surface area contributed by atoms with Crippen LogP contribution in [0.1, 0.15) is 35.7 Å². The molecule has 2 amide bonds. The Labute approximate surface area is 164 Å². The number of carbonyl (C=O) groups is 2. The van der Waals surface area contributed by atoms with Crippen LogP contribution in [-0.2, 0) is 11.3 Å². The molecular weight excluding hydrogens is 358 g/mol. The SMILES string of the molecule is CCC1CN(C(=O)c2cccnc2SC)CCC(=O)N1Cc1ccccc1. The standard InChI is InChI=1S/C21H25N3O2S/c1-3-17-15-23(21(26)18-10-7-12-22-20(18)27-2)13-11-19(25)24(17)14-16-8-5-4-6-9-16/h4-10,12,17H,3,11,13-15H2,1-2H3. The molecule has 2 heterocycles. The van der Waals surface area contributed by atoms with E-state index < -0.39 is 0 Å². The van der Waals surface area contributed by atoms with Crippen molar-refractivity contribution in [3.05, 3.63) is 59.8 Å². The van der Waals surface area contributed by atoms with E-state index >= 15 is 0 Å². The summed E-state index contributed by atoms with van der Waals surface area (Å²) in [5.74, 6) is 0.0672. The summed E-state index contributed by atoms with van der Waals surface area (Å²) in [6.45, 7) is 3.66. The van der Waals surface area contributed by atoms with E-state index in [4.69, 9.17) is 0 Å². The molecular formula is C21H25N3O2S. The van der Waals surface area contributed by atoms with Crippen LogP contribution < -0.4 is 0 Å². The van der Waals surface area contributed by atoms with Crippen LogP contribution in [0.25, 0.3) is 0 Å². The first-order valence-corrected chi connectivity index (χ1v) is 10.5. The molecule has 0 radical (unpaired) electrons. The first-order chi connectivity index (χ1) is 13.1. The molecule has 5 nitrogen and oxygen atoms in total. The van der Waals surface area contributed by atoms with Gasteiger partial charge in [0.05, 0.1) is 5.56 Å². The molecule has 1 unspecified atom stereocenters. The van der Waals surface area contributed by atoms with Crippen LogP contribution in [0.15, 0.2) is 53.7 Å². The van der Waals surface area contributed by atoms with Crippen LogP contribution in [0.4, 0.5) is 0 Å². The molecule has 0 saturated carbocycles. The summed E-state index contributed by atoms with van der Waals surface area (Å²) >= 11 is 1.47. The fourth-order valence-corrected chi connectivity index (χ4v) is 3.98. The van der Waals surface area contributed by atoms with Crippen LogP contribution in [0, 0.1) is 0 Å². The summed E-state index contributed by atoms with van der Waals surface area (Å²) in [4.78, 5) is 33.9. The minimum Gasteiger partial charge on any atom is -0.336 e. The predicted molar refractivity (Wildman–Crippen MR) is 108 cm³/mol. The van der Waals surface area contributed by atoms with Gasteiger partial charge in [-0.1, -0.05) is 37.3 Å². The number of hydrogen-bond donors (Lipinski definition) is 0. The van der Waals surface area contributed by atoms with Crippen molar-refractivity contribution in [1.29, 1.82) is 0 Å². The predicted octanol–water partition coefficient (Wildman–Crippen LogP) is 3.46. The highest BCUT2D eigenvalue weighted by atomic mass is 32.2. The van der Waals surface area contributed by atoms with Crippen molar-refractivity contribution < 1.29 is 9.59 Å². The summed E-state index contributed by atoms with van der Waals surface area (Å²) in [5, 5.41) is 0.729. The molecule has 0 spiro atoms. The smallest absolute Gasteiger partial charge is 0.256 e. The molecule has 0 aliphatic carbocycles. The molecule has 1 aliphatic rings. The van der Waals surface area contributed by atoms with Gasteiger partial charge in [0, 0.05) is 38.3 Å². The minimum atomic E-state index is -0.0414. The Morgan fingerprint density at radius 1 is 1.22 bits per heavy atom. The summed E-state index contributed by atoms with van der Waals surface area (Å²) in [6, 6.07) is 13.6. The van der Waals surface area contributed by atoms with Crippen LogP contribution in [0.2, 0.25) is 0 Å². The molecule has 6 heteroatoms. The lowest BCUT2D eigenvalue weighted by atomic mass is 10.1. The second-order valence-corrected chi connectivity index (χ2v) is 7.43. The minimum absolute atomic E-state index is 0.0126. The van der Waals surface area contributed by atoms with Crippen LogP contribution in [0.3, 0.4) is 0 Å². The topological polar surface area (TPSA) is 53.5 Å². The second kappa shape index (κ2) is 9.04. The third-order valence-corrected chi connectivity index (χ3v) is 5.65. The van der Waals surface area contributed by atoms with E-state index in [-0.39, 0.29) is 17.9 Å². The van der Waals surface area contributed by atoms with Gasteiger partial charge in [-0.3, -0.25) is 9.59 Å². The Bertz CT molecular complexity index is 797. The van der Waals surface area contributed by atoms with Crippen molar-refractivity contribution in [2.24, 2.45) is 0 Å². The largest absolute Gasteiger partial charge is 0.336 e. The Balaban J connectivity index is 1.81. The van der Waals surface area contributed by atoms with Crippen LogP contribution >= 0.6 is 11.8 Å². The second-order valence-electron chi connectivity index (χ2n) is 6.63. The molecule has 1 fully saturated rings. The van der Waals surface area contributed by atoms with Crippen molar-refractivity contribution in [1.82, 2.24) is 14.8 Å². The lowest BCUT2D eigenvalue weighted by Crippen LogP contribution is -2.43. The number of rotatable bonds is 5. The third-order valence-electron chi connectivity index (χ3n) is 4.94. The van der Waals surface area contributed by atoms with Crippen molar-refractivity contribution in [2.75, 3.05) is 19.3 Å². The molecule has 1 aromatic carbocycles. The highest BCUT2D eigenvalue weighted by Crippen LogP contribution is 2.22.